The molecule has 7 heteroatoms. The molecule has 0 unspecified atom stereocenters. The lowest BCUT2D eigenvalue weighted by Crippen LogP contribution is -2.27. The third-order valence-corrected chi connectivity index (χ3v) is 3.57. The van der Waals surface area contributed by atoms with E-state index in [4.69, 9.17) is 9.47 Å². The highest BCUT2D eigenvalue weighted by molar-refractivity contribution is 5.84. The van der Waals surface area contributed by atoms with Crippen LogP contribution in [0.25, 0.3) is 5.69 Å². The number of anilines is 1. The second kappa shape index (κ2) is 6.14. The number of rotatable bonds is 4. The number of ether oxygens (including phenoxy) is 2. The van der Waals surface area contributed by atoms with Crippen LogP contribution in [-0.2, 0) is 4.74 Å². The number of hydrogen-bond donors (Lipinski definition) is 1. The van der Waals surface area contributed by atoms with Crippen LogP contribution in [-0.4, -0.2) is 33.3 Å². The first-order chi connectivity index (χ1) is 11.4. The highest BCUT2D eigenvalue weighted by Gasteiger charge is 2.26. The molecule has 1 saturated carbocycles. The summed E-state index contributed by atoms with van der Waals surface area (Å²) in [5, 5.41) is 2.64. The molecule has 0 aromatic carbocycles. The van der Waals surface area contributed by atoms with Gasteiger partial charge in [-0.3, -0.25) is 5.32 Å². The molecule has 1 N–H and O–H groups in total. The van der Waals surface area contributed by atoms with E-state index in [1.54, 1.807) is 25.7 Å². The third-order valence-electron chi connectivity index (χ3n) is 3.57. The molecule has 0 bridgehead atoms. The Morgan fingerprint density at radius 3 is 2.71 bits per heavy atom. The van der Waals surface area contributed by atoms with Gasteiger partial charge in [0.25, 0.3) is 0 Å². The normalized spacial score (nSPS) is 14.3. The minimum absolute atomic E-state index is 0.390. The van der Waals surface area contributed by atoms with Gasteiger partial charge in [0.2, 0.25) is 0 Å². The predicted octanol–water partition coefficient (Wildman–Crippen LogP) is 3.50. The van der Waals surface area contributed by atoms with E-state index in [0.29, 0.717) is 17.5 Å². The number of pyridine rings is 1. The second-order valence-corrected chi connectivity index (χ2v) is 6.85. The Labute approximate surface area is 141 Å². The van der Waals surface area contributed by atoms with Gasteiger partial charge in [-0.1, -0.05) is 0 Å². The van der Waals surface area contributed by atoms with Crippen molar-refractivity contribution in [2.75, 3.05) is 12.4 Å². The third kappa shape index (κ3) is 3.84. The number of imidazole rings is 1. The van der Waals surface area contributed by atoms with Crippen molar-refractivity contribution in [2.45, 2.75) is 45.1 Å². The molecular formula is C17H22N4O3. The van der Waals surface area contributed by atoms with Gasteiger partial charge in [-0.05, 0) is 33.6 Å². The molecule has 1 aliphatic carbocycles. The number of carbonyl (C=O) groups is 1. The van der Waals surface area contributed by atoms with Crippen LogP contribution >= 0.6 is 0 Å². The maximum Gasteiger partial charge on any atom is 0.413 e. The zero-order valence-corrected chi connectivity index (χ0v) is 14.4. The quantitative estimate of drug-likeness (QED) is 0.928. The summed E-state index contributed by atoms with van der Waals surface area (Å²) in [5.41, 5.74) is 1.27. The van der Waals surface area contributed by atoms with E-state index >= 15 is 0 Å². The van der Waals surface area contributed by atoms with Gasteiger partial charge in [0.15, 0.2) is 5.75 Å². The Bertz CT molecular complexity index is 745. The average molecular weight is 330 g/mol. The Morgan fingerprint density at radius 2 is 2.08 bits per heavy atom. The molecule has 0 radical (unpaired) electrons. The molecule has 0 saturated heterocycles. The van der Waals surface area contributed by atoms with E-state index in [-0.39, 0.29) is 0 Å². The van der Waals surface area contributed by atoms with Crippen molar-refractivity contribution in [1.82, 2.24) is 14.5 Å². The zero-order chi connectivity index (χ0) is 17.3. The highest BCUT2D eigenvalue weighted by Crippen LogP contribution is 2.39. The van der Waals surface area contributed by atoms with E-state index in [0.717, 1.165) is 11.4 Å². The molecule has 24 heavy (non-hydrogen) atoms. The first-order valence-electron chi connectivity index (χ1n) is 7.94. The van der Waals surface area contributed by atoms with Gasteiger partial charge in [-0.2, -0.15) is 0 Å². The van der Waals surface area contributed by atoms with Crippen LogP contribution in [0, 0.1) is 0 Å². The lowest BCUT2D eigenvalue weighted by atomic mass is 10.2. The predicted molar refractivity (Wildman–Crippen MR) is 89.7 cm³/mol. The fraction of sp³-hybridized carbons (Fsp3) is 0.471. The van der Waals surface area contributed by atoms with Crippen molar-refractivity contribution in [3.05, 3.63) is 30.5 Å². The number of hydrogen-bond acceptors (Lipinski definition) is 5. The van der Waals surface area contributed by atoms with Crippen LogP contribution in [0.5, 0.6) is 5.75 Å². The summed E-state index contributed by atoms with van der Waals surface area (Å²) in [6.07, 6.45) is 7.15. The van der Waals surface area contributed by atoms with Crippen molar-refractivity contribution < 1.29 is 14.3 Å². The summed E-state index contributed by atoms with van der Waals surface area (Å²) in [4.78, 5) is 20.5. The maximum absolute atomic E-state index is 11.9. The highest BCUT2D eigenvalue weighted by atomic mass is 16.6. The minimum Gasteiger partial charge on any atom is -0.493 e. The average Bonchev–Trinajstić information content (AvgIpc) is 3.23. The topological polar surface area (TPSA) is 78.3 Å². The van der Waals surface area contributed by atoms with E-state index in [1.807, 2.05) is 31.5 Å². The SMILES string of the molecule is COc1cnc(NC(=O)OC(C)(C)C)cc1-n1cnc(C2CC2)c1. The molecule has 0 aliphatic heterocycles. The second-order valence-electron chi connectivity index (χ2n) is 6.85. The van der Waals surface area contributed by atoms with E-state index < -0.39 is 11.7 Å². The van der Waals surface area contributed by atoms with Crippen molar-refractivity contribution in [1.29, 1.82) is 0 Å². The fourth-order valence-corrected chi connectivity index (χ4v) is 2.33. The van der Waals surface area contributed by atoms with E-state index in [9.17, 15) is 4.79 Å². The maximum atomic E-state index is 11.9. The van der Waals surface area contributed by atoms with Gasteiger partial charge in [-0.15, -0.1) is 0 Å². The number of aromatic nitrogens is 3. The summed E-state index contributed by atoms with van der Waals surface area (Å²) in [6, 6.07) is 1.74. The van der Waals surface area contributed by atoms with Crippen molar-refractivity contribution in [2.24, 2.45) is 0 Å². The Kier molecular flexibility index (Phi) is 4.17. The monoisotopic (exact) mass is 330 g/mol. The van der Waals surface area contributed by atoms with Gasteiger partial charge >= 0.3 is 6.09 Å². The van der Waals surface area contributed by atoms with E-state index in [1.165, 1.54) is 12.8 Å². The molecule has 1 fully saturated rings. The molecule has 2 aromatic heterocycles. The van der Waals surface area contributed by atoms with Crippen molar-refractivity contribution >= 4 is 11.9 Å². The van der Waals surface area contributed by atoms with Gasteiger partial charge in [0, 0.05) is 18.2 Å². The summed E-state index contributed by atoms with van der Waals surface area (Å²) >= 11 is 0. The molecule has 2 heterocycles. The van der Waals surface area contributed by atoms with Crippen LogP contribution in [0.4, 0.5) is 10.6 Å². The van der Waals surface area contributed by atoms with Crippen LogP contribution in [0.15, 0.2) is 24.8 Å². The number of amides is 1. The number of carbonyl (C=O) groups excluding carboxylic acids is 1. The molecule has 128 valence electrons. The number of nitrogens with one attached hydrogen (secondary N) is 1. The van der Waals surface area contributed by atoms with Crippen LogP contribution < -0.4 is 10.1 Å². The minimum atomic E-state index is -0.567. The smallest absolute Gasteiger partial charge is 0.413 e. The van der Waals surface area contributed by atoms with Gasteiger partial charge in [-0.25, -0.2) is 14.8 Å². The molecule has 1 amide bonds. The number of nitrogens with zero attached hydrogens (tertiary/aromatic N) is 3. The van der Waals surface area contributed by atoms with Crippen molar-refractivity contribution in [3.63, 3.8) is 0 Å². The summed E-state index contributed by atoms with van der Waals surface area (Å²) < 4.78 is 12.5. The summed E-state index contributed by atoms with van der Waals surface area (Å²) in [5.74, 6) is 1.56. The van der Waals surface area contributed by atoms with Crippen LogP contribution in [0.2, 0.25) is 0 Å². The Balaban J connectivity index is 1.83. The lowest BCUT2D eigenvalue weighted by Gasteiger charge is -2.19. The fourth-order valence-electron chi connectivity index (χ4n) is 2.33. The first-order valence-corrected chi connectivity index (χ1v) is 7.94. The molecule has 0 spiro atoms. The molecule has 7 nitrogen and oxygen atoms in total. The molecular weight excluding hydrogens is 308 g/mol. The molecule has 2 aromatic rings. The van der Waals surface area contributed by atoms with Crippen molar-refractivity contribution in [3.8, 4) is 11.4 Å². The Hall–Kier alpha value is -2.57. The zero-order valence-electron chi connectivity index (χ0n) is 14.4. The molecule has 0 atom stereocenters. The van der Waals surface area contributed by atoms with Crippen LogP contribution in [0.1, 0.15) is 45.2 Å². The summed E-state index contributed by atoms with van der Waals surface area (Å²) in [6.45, 7) is 5.43. The Morgan fingerprint density at radius 1 is 1.33 bits per heavy atom. The van der Waals surface area contributed by atoms with Crippen LogP contribution in [0.3, 0.4) is 0 Å². The van der Waals surface area contributed by atoms with Gasteiger partial charge in [0.1, 0.15) is 11.4 Å². The van der Waals surface area contributed by atoms with Gasteiger partial charge in [0.05, 0.1) is 31.0 Å². The molecule has 3 rings (SSSR count). The lowest BCUT2D eigenvalue weighted by molar-refractivity contribution is 0.0635. The van der Waals surface area contributed by atoms with E-state index in [2.05, 4.69) is 15.3 Å². The largest absolute Gasteiger partial charge is 0.493 e. The number of methoxy groups -OCH3 is 1. The standard InChI is InChI=1S/C17H22N4O3/c1-17(2,3)24-16(22)20-15-7-13(14(23-4)8-18-15)21-9-12(19-10-21)11-5-6-11/h7-11H,5-6H2,1-4H3,(H,18,20,22). The van der Waals surface area contributed by atoms with Gasteiger partial charge < -0.3 is 14.0 Å². The summed E-state index contributed by atoms with van der Waals surface area (Å²) in [7, 11) is 1.58. The first kappa shape index (κ1) is 16.3. The molecule has 1 aliphatic rings.